The van der Waals surface area contributed by atoms with Gasteiger partial charge < -0.3 is 9.47 Å². The molecular formula is C19H20N6O. The Balaban J connectivity index is 1.41. The molecule has 4 rings (SSSR count). The molecule has 4 heterocycles. The highest BCUT2D eigenvalue weighted by atomic mass is 16.2. The zero-order chi connectivity index (χ0) is 17.8. The fourth-order valence-corrected chi connectivity index (χ4v) is 3.41. The zero-order valence-corrected chi connectivity index (χ0v) is 14.4. The molecule has 0 atom stereocenters. The van der Waals surface area contributed by atoms with Gasteiger partial charge in [-0.1, -0.05) is 6.07 Å². The van der Waals surface area contributed by atoms with Crippen molar-refractivity contribution in [3.8, 4) is 0 Å². The summed E-state index contributed by atoms with van der Waals surface area (Å²) in [6.45, 7) is 2.18. The summed E-state index contributed by atoms with van der Waals surface area (Å²) in [5.41, 5.74) is 1.56. The Labute approximate surface area is 151 Å². The van der Waals surface area contributed by atoms with Gasteiger partial charge in [-0.25, -0.2) is 9.97 Å². The molecule has 7 nitrogen and oxygen atoms in total. The number of likely N-dealkylation sites (tertiary alicyclic amines) is 1. The molecule has 0 radical (unpaired) electrons. The van der Waals surface area contributed by atoms with Crippen molar-refractivity contribution in [3.63, 3.8) is 0 Å². The Bertz CT molecular complexity index is 856. The summed E-state index contributed by atoms with van der Waals surface area (Å²) in [6, 6.07) is 4.02. The molecule has 0 N–H and O–H groups in total. The highest BCUT2D eigenvalue weighted by molar-refractivity contribution is 5.92. The van der Waals surface area contributed by atoms with Crippen LogP contribution in [0.1, 0.15) is 40.6 Å². The molecule has 0 spiro atoms. The Hall–Kier alpha value is -3.09. The summed E-state index contributed by atoms with van der Waals surface area (Å²) >= 11 is 0. The maximum Gasteiger partial charge on any atom is 0.274 e. The third kappa shape index (κ3) is 3.46. The molecule has 0 aromatic carbocycles. The van der Waals surface area contributed by atoms with Gasteiger partial charge in [0, 0.05) is 56.2 Å². The summed E-state index contributed by atoms with van der Waals surface area (Å²) in [5.74, 6) is 1.39. The average Bonchev–Trinajstić information content (AvgIpc) is 3.17. The van der Waals surface area contributed by atoms with E-state index >= 15 is 0 Å². The lowest BCUT2D eigenvalue weighted by Crippen LogP contribution is -2.38. The number of aromatic nitrogens is 5. The van der Waals surface area contributed by atoms with Crippen molar-refractivity contribution < 1.29 is 4.79 Å². The predicted octanol–water partition coefficient (Wildman–Crippen LogP) is 2.14. The quantitative estimate of drug-likeness (QED) is 0.722. The van der Waals surface area contributed by atoms with Crippen LogP contribution in [-0.2, 0) is 6.54 Å². The average molecular weight is 348 g/mol. The number of carbonyl (C=O) groups is 1. The molecule has 26 heavy (non-hydrogen) atoms. The van der Waals surface area contributed by atoms with Gasteiger partial charge in [-0.3, -0.25) is 14.8 Å². The number of imidazole rings is 1. The number of rotatable bonds is 4. The monoisotopic (exact) mass is 348 g/mol. The minimum atomic E-state index is -0.0461. The van der Waals surface area contributed by atoms with E-state index < -0.39 is 0 Å². The van der Waals surface area contributed by atoms with Crippen LogP contribution in [0.25, 0.3) is 0 Å². The SMILES string of the molecule is O=C(c1cnccn1)N1CCC(c2nccn2Cc2cccnc2)CC1. The van der Waals surface area contributed by atoms with Gasteiger partial charge in [-0.2, -0.15) is 0 Å². The van der Waals surface area contributed by atoms with Gasteiger partial charge in [0.15, 0.2) is 0 Å². The number of pyridine rings is 1. The van der Waals surface area contributed by atoms with Crippen molar-refractivity contribution >= 4 is 5.91 Å². The molecule has 3 aromatic heterocycles. The fraction of sp³-hybridized carbons (Fsp3) is 0.316. The molecule has 1 aliphatic rings. The second kappa shape index (κ2) is 7.43. The highest BCUT2D eigenvalue weighted by Gasteiger charge is 2.27. The van der Waals surface area contributed by atoms with E-state index in [0.717, 1.165) is 30.8 Å². The van der Waals surface area contributed by atoms with Gasteiger partial charge in [0.05, 0.1) is 12.7 Å². The van der Waals surface area contributed by atoms with Crippen LogP contribution in [0.4, 0.5) is 0 Å². The lowest BCUT2D eigenvalue weighted by atomic mass is 9.95. The molecule has 0 saturated carbocycles. The normalized spacial score (nSPS) is 15.2. The largest absolute Gasteiger partial charge is 0.337 e. The van der Waals surface area contributed by atoms with E-state index in [1.54, 1.807) is 18.6 Å². The van der Waals surface area contributed by atoms with Crippen molar-refractivity contribution in [3.05, 3.63) is 72.6 Å². The van der Waals surface area contributed by atoms with Crippen LogP contribution in [0, 0.1) is 0 Å². The molecule has 3 aromatic rings. The molecule has 7 heteroatoms. The Morgan fingerprint density at radius 3 is 2.62 bits per heavy atom. The number of hydrogen-bond acceptors (Lipinski definition) is 5. The summed E-state index contributed by atoms with van der Waals surface area (Å²) in [6.07, 6.45) is 14.0. The standard InChI is InChI=1S/C19H20N6O/c26-19(17-13-21-6-7-22-17)24-9-3-16(4-10-24)18-23-8-11-25(18)14-15-2-1-5-20-12-15/h1-2,5-8,11-13,16H,3-4,9-10,14H2. The summed E-state index contributed by atoms with van der Waals surface area (Å²) < 4.78 is 2.18. The highest BCUT2D eigenvalue weighted by Crippen LogP contribution is 2.27. The van der Waals surface area contributed by atoms with Gasteiger partial charge in [-0.15, -0.1) is 0 Å². The van der Waals surface area contributed by atoms with E-state index in [4.69, 9.17) is 0 Å². The van der Waals surface area contributed by atoms with E-state index in [1.165, 1.54) is 6.20 Å². The summed E-state index contributed by atoms with van der Waals surface area (Å²) in [5, 5.41) is 0. The van der Waals surface area contributed by atoms with Crippen LogP contribution in [0.2, 0.25) is 0 Å². The van der Waals surface area contributed by atoms with Gasteiger partial charge >= 0.3 is 0 Å². The van der Waals surface area contributed by atoms with Gasteiger partial charge in [0.2, 0.25) is 0 Å². The van der Waals surface area contributed by atoms with Crippen molar-refractivity contribution in [1.29, 1.82) is 0 Å². The molecular weight excluding hydrogens is 328 g/mol. The van der Waals surface area contributed by atoms with Crippen molar-refractivity contribution in [2.75, 3.05) is 13.1 Å². The van der Waals surface area contributed by atoms with Crippen molar-refractivity contribution in [2.45, 2.75) is 25.3 Å². The molecule has 0 bridgehead atoms. The van der Waals surface area contributed by atoms with Crippen LogP contribution >= 0.6 is 0 Å². The van der Waals surface area contributed by atoms with E-state index in [1.807, 2.05) is 29.6 Å². The lowest BCUT2D eigenvalue weighted by Gasteiger charge is -2.31. The molecule has 0 aliphatic carbocycles. The second-order valence-electron chi connectivity index (χ2n) is 6.43. The third-order valence-electron chi connectivity index (χ3n) is 4.75. The maximum absolute atomic E-state index is 12.5. The van der Waals surface area contributed by atoms with Crippen LogP contribution in [-0.4, -0.2) is 48.4 Å². The van der Waals surface area contributed by atoms with E-state index in [-0.39, 0.29) is 5.91 Å². The second-order valence-corrected chi connectivity index (χ2v) is 6.43. The van der Waals surface area contributed by atoms with Gasteiger partial charge in [0.25, 0.3) is 5.91 Å². The first-order chi connectivity index (χ1) is 12.8. The first kappa shape index (κ1) is 16.4. The molecule has 1 saturated heterocycles. The van der Waals surface area contributed by atoms with Crippen LogP contribution < -0.4 is 0 Å². The number of carbonyl (C=O) groups excluding carboxylic acids is 1. The predicted molar refractivity (Wildman–Crippen MR) is 95.5 cm³/mol. The first-order valence-electron chi connectivity index (χ1n) is 8.76. The number of piperidine rings is 1. The molecule has 0 unspecified atom stereocenters. The van der Waals surface area contributed by atoms with Crippen LogP contribution in [0.15, 0.2) is 55.5 Å². The van der Waals surface area contributed by atoms with E-state index in [0.29, 0.717) is 24.7 Å². The lowest BCUT2D eigenvalue weighted by molar-refractivity contribution is 0.0704. The van der Waals surface area contributed by atoms with Crippen LogP contribution in [0.5, 0.6) is 0 Å². The smallest absolute Gasteiger partial charge is 0.274 e. The number of amides is 1. The fourth-order valence-electron chi connectivity index (χ4n) is 3.41. The van der Waals surface area contributed by atoms with E-state index in [9.17, 15) is 4.79 Å². The zero-order valence-electron chi connectivity index (χ0n) is 14.4. The number of nitrogens with zero attached hydrogens (tertiary/aromatic N) is 6. The topological polar surface area (TPSA) is 76.8 Å². The minimum Gasteiger partial charge on any atom is -0.337 e. The number of hydrogen-bond donors (Lipinski definition) is 0. The van der Waals surface area contributed by atoms with Crippen LogP contribution in [0.3, 0.4) is 0 Å². The van der Waals surface area contributed by atoms with Crippen molar-refractivity contribution in [2.24, 2.45) is 0 Å². The Morgan fingerprint density at radius 2 is 1.88 bits per heavy atom. The third-order valence-corrected chi connectivity index (χ3v) is 4.75. The van der Waals surface area contributed by atoms with Gasteiger partial charge in [-0.05, 0) is 24.5 Å². The Morgan fingerprint density at radius 1 is 1.04 bits per heavy atom. The first-order valence-corrected chi connectivity index (χ1v) is 8.76. The summed E-state index contributed by atoms with van der Waals surface area (Å²) in [4.78, 5) is 31.2. The maximum atomic E-state index is 12.5. The summed E-state index contributed by atoms with van der Waals surface area (Å²) in [7, 11) is 0. The van der Waals surface area contributed by atoms with Gasteiger partial charge in [0.1, 0.15) is 11.5 Å². The molecule has 1 amide bonds. The minimum absolute atomic E-state index is 0.0461. The van der Waals surface area contributed by atoms with E-state index in [2.05, 4.69) is 30.6 Å². The molecule has 1 fully saturated rings. The molecule has 132 valence electrons. The Kier molecular flexibility index (Phi) is 4.68. The van der Waals surface area contributed by atoms with Crippen molar-refractivity contribution in [1.82, 2.24) is 29.4 Å². The molecule has 1 aliphatic heterocycles.